The minimum absolute atomic E-state index is 0.0738. The van der Waals surface area contributed by atoms with Crippen molar-refractivity contribution in [2.24, 2.45) is 4.99 Å². The number of carbonyl (C=O) groups excluding carboxylic acids is 1. The third-order valence-electron chi connectivity index (χ3n) is 3.77. The summed E-state index contributed by atoms with van der Waals surface area (Å²) in [5.74, 6) is -0.607. The summed E-state index contributed by atoms with van der Waals surface area (Å²) in [4.78, 5) is 19.8. The third-order valence-corrected chi connectivity index (χ3v) is 4.73. The molecule has 2 rings (SSSR count). The van der Waals surface area contributed by atoms with E-state index < -0.39 is 33.2 Å². The summed E-state index contributed by atoms with van der Waals surface area (Å²) in [5, 5.41) is 2.45. The lowest BCUT2D eigenvalue weighted by atomic mass is 10.1. The van der Waals surface area contributed by atoms with Gasteiger partial charge in [-0.1, -0.05) is 6.07 Å². The molecule has 0 saturated heterocycles. The molecule has 12 heteroatoms. The van der Waals surface area contributed by atoms with E-state index in [1.54, 1.807) is 0 Å². The number of halogens is 3. The molecule has 1 amide bonds. The van der Waals surface area contributed by atoms with Crippen LogP contribution in [0.4, 0.5) is 24.5 Å². The Labute approximate surface area is 171 Å². The number of alkyl halides is 3. The number of methoxy groups -OCH3 is 1. The Kier molecular flexibility index (Phi) is 7.03. The summed E-state index contributed by atoms with van der Waals surface area (Å²) >= 11 is 0. The average Bonchev–Trinajstić information content (AvgIpc) is 2.65. The second-order valence-corrected chi connectivity index (χ2v) is 8.70. The third kappa shape index (κ3) is 6.44. The minimum atomic E-state index is -4.68. The van der Waals surface area contributed by atoms with Gasteiger partial charge in [0, 0.05) is 39.5 Å². The van der Waals surface area contributed by atoms with E-state index in [4.69, 9.17) is 15.3 Å². The molecule has 0 saturated carbocycles. The summed E-state index contributed by atoms with van der Waals surface area (Å²) in [7, 11) is -1.34. The molecule has 1 atom stereocenters. The maximum atomic E-state index is 12.8. The van der Waals surface area contributed by atoms with E-state index in [2.05, 4.69) is 15.3 Å². The number of nitrogen functional groups attached to an aromatic ring is 1. The van der Waals surface area contributed by atoms with Crippen LogP contribution in [0, 0.1) is 4.78 Å². The zero-order valence-electron chi connectivity index (χ0n) is 16.1. The van der Waals surface area contributed by atoms with Crippen molar-refractivity contribution < 1.29 is 26.9 Å². The van der Waals surface area contributed by atoms with Gasteiger partial charge in [0.15, 0.2) is 0 Å². The second-order valence-electron chi connectivity index (χ2n) is 6.29. The van der Waals surface area contributed by atoms with Crippen molar-refractivity contribution in [2.45, 2.75) is 6.18 Å². The van der Waals surface area contributed by atoms with Crippen molar-refractivity contribution in [3.05, 3.63) is 47.3 Å². The van der Waals surface area contributed by atoms with Crippen LogP contribution in [0.2, 0.25) is 0 Å². The number of nitrogens with one attached hydrogen (secondary N) is 2. The molecule has 1 unspecified atom stereocenters. The molecule has 0 aliphatic carbocycles. The van der Waals surface area contributed by atoms with Crippen LogP contribution in [0.3, 0.4) is 0 Å². The summed E-state index contributed by atoms with van der Waals surface area (Å²) in [6.45, 7) is 0.139. The standard InChI is InChI=1S/C18H20F3N5O3S/c1-29-15-9-12(22)11(10-24-6-7-30(2,23)28)8-14(15)26-17(27)13-4-3-5-16(25-13)18(19,20)21/h3-5,8-10,23H,6-7,22H2,1-2H3,(H,26,27). The van der Waals surface area contributed by atoms with Crippen molar-refractivity contribution in [3.8, 4) is 5.75 Å². The molecule has 0 radical (unpaired) electrons. The molecular weight excluding hydrogens is 423 g/mol. The number of aliphatic imine (C=N–C) groups is 1. The highest BCUT2D eigenvalue weighted by Crippen LogP contribution is 2.30. The number of hydrogen-bond acceptors (Lipinski definition) is 7. The predicted molar refractivity (Wildman–Crippen MR) is 109 cm³/mol. The van der Waals surface area contributed by atoms with E-state index in [0.29, 0.717) is 5.56 Å². The molecule has 0 fully saturated rings. The maximum Gasteiger partial charge on any atom is 0.433 e. The summed E-state index contributed by atoms with van der Waals surface area (Å²) in [6.07, 6.45) is -1.99. The molecule has 1 aromatic heterocycles. The monoisotopic (exact) mass is 443 g/mol. The summed E-state index contributed by atoms with van der Waals surface area (Å²) in [6, 6.07) is 5.86. The number of nitrogens with zero attached hydrogens (tertiary/aromatic N) is 2. The molecular formula is C18H20F3N5O3S. The van der Waals surface area contributed by atoms with Crippen LogP contribution in [-0.2, 0) is 15.9 Å². The summed E-state index contributed by atoms with van der Waals surface area (Å²) < 4.78 is 62.4. The van der Waals surface area contributed by atoms with Gasteiger partial charge in [-0.3, -0.25) is 18.8 Å². The topological polar surface area (TPSA) is 131 Å². The molecule has 4 N–H and O–H groups in total. The summed E-state index contributed by atoms with van der Waals surface area (Å²) in [5.41, 5.74) is 5.14. The zero-order valence-corrected chi connectivity index (χ0v) is 16.9. The molecule has 2 aromatic rings. The van der Waals surface area contributed by atoms with Crippen molar-refractivity contribution in [2.75, 3.05) is 36.7 Å². The van der Waals surface area contributed by atoms with Crippen LogP contribution in [0.25, 0.3) is 0 Å². The number of rotatable bonds is 7. The fourth-order valence-electron chi connectivity index (χ4n) is 2.29. The molecule has 1 aromatic carbocycles. The number of ether oxygens (including phenoxy) is 1. The minimum Gasteiger partial charge on any atom is -0.494 e. The van der Waals surface area contributed by atoms with E-state index in [1.165, 1.54) is 31.7 Å². The Hall–Kier alpha value is -3.15. The first-order valence-corrected chi connectivity index (χ1v) is 10.6. The number of pyridine rings is 1. The molecule has 0 bridgehead atoms. The van der Waals surface area contributed by atoms with Crippen molar-refractivity contribution in [1.82, 2.24) is 4.98 Å². The largest absolute Gasteiger partial charge is 0.494 e. The predicted octanol–water partition coefficient (Wildman–Crippen LogP) is 3.04. The van der Waals surface area contributed by atoms with E-state index in [1.807, 2.05) is 0 Å². The fraction of sp³-hybridized carbons (Fsp3) is 0.278. The molecule has 8 nitrogen and oxygen atoms in total. The van der Waals surface area contributed by atoms with Crippen molar-refractivity contribution in [1.29, 1.82) is 4.78 Å². The van der Waals surface area contributed by atoms with Crippen LogP contribution >= 0.6 is 0 Å². The van der Waals surface area contributed by atoms with E-state index in [9.17, 15) is 22.2 Å². The van der Waals surface area contributed by atoms with Gasteiger partial charge in [-0.15, -0.1) is 0 Å². The van der Waals surface area contributed by atoms with Crippen molar-refractivity contribution in [3.63, 3.8) is 0 Å². The molecule has 162 valence electrons. The fourth-order valence-corrected chi connectivity index (χ4v) is 2.74. The Morgan fingerprint density at radius 1 is 1.40 bits per heavy atom. The Bertz CT molecular complexity index is 1070. The Morgan fingerprint density at radius 3 is 2.70 bits per heavy atom. The molecule has 0 aliphatic heterocycles. The number of nitrogens with two attached hydrogens (primary N) is 1. The van der Waals surface area contributed by atoms with Gasteiger partial charge in [0.2, 0.25) is 0 Å². The lowest BCUT2D eigenvalue weighted by Crippen LogP contribution is -2.17. The zero-order chi connectivity index (χ0) is 22.5. The van der Waals surface area contributed by atoms with Crippen LogP contribution in [-0.4, -0.2) is 47.0 Å². The van der Waals surface area contributed by atoms with E-state index >= 15 is 0 Å². The smallest absolute Gasteiger partial charge is 0.433 e. The van der Waals surface area contributed by atoms with Gasteiger partial charge in [-0.2, -0.15) is 13.2 Å². The molecule has 1 heterocycles. The van der Waals surface area contributed by atoms with Gasteiger partial charge in [0.25, 0.3) is 5.91 Å². The highest BCUT2D eigenvalue weighted by Gasteiger charge is 2.33. The van der Waals surface area contributed by atoms with Gasteiger partial charge >= 0.3 is 6.18 Å². The Balaban J connectivity index is 2.28. The van der Waals surface area contributed by atoms with Gasteiger partial charge in [-0.25, -0.2) is 4.98 Å². The second kappa shape index (κ2) is 9.11. The van der Waals surface area contributed by atoms with E-state index in [0.717, 1.165) is 18.2 Å². The van der Waals surface area contributed by atoms with Crippen LogP contribution in [0.1, 0.15) is 21.7 Å². The molecule has 0 aliphatic rings. The van der Waals surface area contributed by atoms with Gasteiger partial charge in [0.05, 0.1) is 25.1 Å². The average molecular weight is 443 g/mol. The number of carbonyl (C=O) groups is 1. The van der Waals surface area contributed by atoms with Crippen LogP contribution in [0.15, 0.2) is 35.3 Å². The number of benzene rings is 1. The lowest BCUT2D eigenvalue weighted by molar-refractivity contribution is -0.141. The van der Waals surface area contributed by atoms with Gasteiger partial charge in [-0.05, 0) is 18.2 Å². The van der Waals surface area contributed by atoms with E-state index in [-0.39, 0.29) is 29.4 Å². The van der Waals surface area contributed by atoms with Crippen LogP contribution < -0.4 is 15.8 Å². The molecule has 30 heavy (non-hydrogen) atoms. The number of amides is 1. The SMILES string of the molecule is COc1cc(N)c(C=NCCS(C)(=N)=O)cc1NC(=O)c1cccc(C(F)(F)F)n1. The number of aromatic nitrogens is 1. The quantitative estimate of drug-likeness (QED) is 0.447. The van der Waals surface area contributed by atoms with Gasteiger partial charge in [0.1, 0.15) is 17.1 Å². The highest BCUT2D eigenvalue weighted by molar-refractivity contribution is 7.91. The van der Waals surface area contributed by atoms with Crippen LogP contribution in [0.5, 0.6) is 5.75 Å². The normalized spacial score (nSPS) is 13.8. The first-order chi connectivity index (χ1) is 13.9. The molecule has 0 spiro atoms. The maximum absolute atomic E-state index is 12.8. The first kappa shape index (κ1) is 23.1. The lowest BCUT2D eigenvalue weighted by Gasteiger charge is -2.13. The van der Waals surface area contributed by atoms with Gasteiger partial charge < -0.3 is 15.8 Å². The Morgan fingerprint density at radius 2 is 2.10 bits per heavy atom. The first-order valence-electron chi connectivity index (χ1n) is 8.45. The number of anilines is 2. The number of hydrogen-bond donors (Lipinski definition) is 3. The van der Waals surface area contributed by atoms with Crippen molar-refractivity contribution >= 4 is 33.2 Å². The highest BCUT2D eigenvalue weighted by atomic mass is 32.2.